The van der Waals surface area contributed by atoms with Crippen molar-refractivity contribution in [2.24, 2.45) is 0 Å². The third-order valence-corrected chi connectivity index (χ3v) is 5.77. The Balaban J connectivity index is 1.96. The molecule has 1 aromatic carbocycles. The van der Waals surface area contributed by atoms with Gasteiger partial charge in [-0.2, -0.15) is 4.31 Å². The molecule has 1 saturated heterocycles. The van der Waals surface area contributed by atoms with E-state index in [-0.39, 0.29) is 24.1 Å². The lowest BCUT2D eigenvalue weighted by Crippen LogP contribution is -2.42. The molecule has 1 aliphatic rings. The molecule has 1 aliphatic heterocycles. The molecule has 6 nitrogen and oxygen atoms in total. The van der Waals surface area contributed by atoms with E-state index in [1.54, 1.807) is 4.90 Å². The molecular formula is C16H24FN3O3S. The predicted octanol–water partition coefficient (Wildman–Crippen LogP) is 1.78. The molecule has 0 aromatic heterocycles. The Hall–Kier alpha value is -1.67. The number of benzene rings is 1. The van der Waals surface area contributed by atoms with E-state index in [4.69, 9.17) is 0 Å². The van der Waals surface area contributed by atoms with Gasteiger partial charge in [0.25, 0.3) is 0 Å². The summed E-state index contributed by atoms with van der Waals surface area (Å²) < 4.78 is 39.5. The first-order valence-corrected chi connectivity index (χ1v) is 9.78. The molecule has 8 heteroatoms. The van der Waals surface area contributed by atoms with E-state index in [1.165, 1.54) is 28.6 Å². The minimum absolute atomic E-state index is 0.144. The van der Waals surface area contributed by atoms with E-state index in [0.29, 0.717) is 38.2 Å². The Morgan fingerprint density at radius 3 is 2.54 bits per heavy atom. The van der Waals surface area contributed by atoms with Crippen LogP contribution in [-0.2, 0) is 15.8 Å². The standard InChI is InChI=1S/C16H24FN3O3S/c1-2-8-18-16(21)19-9-3-10-20(12-11-19)24(22,23)13-14-4-6-15(17)7-5-14/h4-7H,2-3,8-13H2,1H3,(H,18,21). The number of hydrogen-bond acceptors (Lipinski definition) is 3. The molecular weight excluding hydrogens is 333 g/mol. The van der Waals surface area contributed by atoms with Crippen molar-refractivity contribution < 1.29 is 17.6 Å². The number of sulfonamides is 1. The summed E-state index contributed by atoms with van der Waals surface area (Å²) in [5.74, 6) is -0.547. The van der Waals surface area contributed by atoms with Gasteiger partial charge in [-0.25, -0.2) is 17.6 Å². The van der Waals surface area contributed by atoms with Crippen molar-refractivity contribution >= 4 is 16.1 Å². The molecule has 0 radical (unpaired) electrons. The third-order valence-electron chi connectivity index (χ3n) is 3.92. The minimum atomic E-state index is -3.49. The lowest BCUT2D eigenvalue weighted by Gasteiger charge is -2.22. The summed E-state index contributed by atoms with van der Waals surface area (Å²) in [5, 5.41) is 2.81. The smallest absolute Gasteiger partial charge is 0.317 e. The number of amides is 2. The van der Waals surface area contributed by atoms with Crippen molar-refractivity contribution in [1.29, 1.82) is 0 Å². The van der Waals surface area contributed by atoms with Gasteiger partial charge in [-0.3, -0.25) is 0 Å². The van der Waals surface area contributed by atoms with Crippen LogP contribution < -0.4 is 5.32 Å². The molecule has 1 heterocycles. The zero-order valence-corrected chi connectivity index (χ0v) is 14.7. The average molecular weight is 357 g/mol. The van der Waals surface area contributed by atoms with Crippen LogP contribution in [0.1, 0.15) is 25.3 Å². The van der Waals surface area contributed by atoms with Crippen LogP contribution >= 0.6 is 0 Å². The van der Waals surface area contributed by atoms with Crippen molar-refractivity contribution in [3.63, 3.8) is 0 Å². The van der Waals surface area contributed by atoms with Crippen molar-refractivity contribution in [3.8, 4) is 0 Å². The second-order valence-electron chi connectivity index (χ2n) is 5.85. The zero-order valence-electron chi connectivity index (χ0n) is 13.9. The largest absolute Gasteiger partial charge is 0.338 e. The van der Waals surface area contributed by atoms with Gasteiger partial charge in [-0.05, 0) is 30.5 Å². The minimum Gasteiger partial charge on any atom is -0.338 e. The Morgan fingerprint density at radius 1 is 1.17 bits per heavy atom. The lowest BCUT2D eigenvalue weighted by atomic mass is 10.2. The first kappa shape index (κ1) is 18.7. The molecule has 0 spiro atoms. The summed E-state index contributed by atoms with van der Waals surface area (Å²) in [4.78, 5) is 13.7. The second-order valence-corrected chi connectivity index (χ2v) is 7.82. The summed E-state index contributed by atoms with van der Waals surface area (Å²) in [6.45, 7) is 4.18. The Kier molecular flexibility index (Phi) is 6.56. The van der Waals surface area contributed by atoms with E-state index in [1.807, 2.05) is 6.92 Å². The number of rotatable bonds is 5. The van der Waals surface area contributed by atoms with Crippen molar-refractivity contribution in [1.82, 2.24) is 14.5 Å². The fraction of sp³-hybridized carbons (Fsp3) is 0.562. The SMILES string of the molecule is CCCNC(=O)N1CCCN(S(=O)(=O)Cc2ccc(F)cc2)CC1. The molecule has 0 bridgehead atoms. The van der Waals surface area contributed by atoms with Crippen molar-refractivity contribution in [2.75, 3.05) is 32.7 Å². The molecule has 2 amide bonds. The fourth-order valence-corrected chi connectivity index (χ4v) is 4.16. The van der Waals surface area contributed by atoms with Crippen LogP contribution in [-0.4, -0.2) is 56.4 Å². The summed E-state index contributed by atoms with van der Waals surface area (Å²) in [5.41, 5.74) is 0.554. The normalized spacial score (nSPS) is 16.7. The Bertz CT molecular complexity index is 649. The van der Waals surface area contributed by atoms with Crippen molar-refractivity contribution in [2.45, 2.75) is 25.5 Å². The molecule has 0 saturated carbocycles. The number of nitrogens with zero attached hydrogens (tertiary/aromatic N) is 2. The molecule has 1 aromatic rings. The highest BCUT2D eigenvalue weighted by molar-refractivity contribution is 7.88. The van der Waals surface area contributed by atoms with Crippen LogP contribution in [0.5, 0.6) is 0 Å². The van der Waals surface area contributed by atoms with E-state index in [9.17, 15) is 17.6 Å². The maximum atomic E-state index is 12.9. The van der Waals surface area contributed by atoms with Gasteiger partial charge >= 0.3 is 6.03 Å². The highest BCUT2D eigenvalue weighted by Crippen LogP contribution is 2.14. The Labute approximate surface area is 142 Å². The van der Waals surface area contributed by atoms with Crippen LogP contribution in [0.15, 0.2) is 24.3 Å². The maximum absolute atomic E-state index is 12.9. The highest BCUT2D eigenvalue weighted by Gasteiger charge is 2.26. The van der Waals surface area contributed by atoms with E-state index in [0.717, 1.165) is 6.42 Å². The van der Waals surface area contributed by atoms with Gasteiger partial charge in [0.1, 0.15) is 5.82 Å². The van der Waals surface area contributed by atoms with Crippen molar-refractivity contribution in [3.05, 3.63) is 35.6 Å². The van der Waals surface area contributed by atoms with Gasteiger partial charge in [0.2, 0.25) is 10.0 Å². The number of nitrogens with one attached hydrogen (secondary N) is 1. The first-order valence-electron chi connectivity index (χ1n) is 8.17. The molecule has 1 N–H and O–H groups in total. The van der Waals surface area contributed by atoms with Gasteiger partial charge in [0.05, 0.1) is 5.75 Å². The molecule has 24 heavy (non-hydrogen) atoms. The second kappa shape index (κ2) is 8.43. The predicted molar refractivity (Wildman–Crippen MR) is 90.5 cm³/mol. The average Bonchev–Trinajstić information content (AvgIpc) is 2.81. The van der Waals surface area contributed by atoms with E-state index >= 15 is 0 Å². The molecule has 134 valence electrons. The lowest BCUT2D eigenvalue weighted by molar-refractivity contribution is 0.200. The monoisotopic (exact) mass is 357 g/mol. The fourth-order valence-electron chi connectivity index (χ4n) is 2.60. The van der Waals surface area contributed by atoms with Gasteiger partial charge in [-0.1, -0.05) is 19.1 Å². The molecule has 2 rings (SSSR count). The van der Waals surface area contributed by atoms with Gasteiger partial charge in [0, 0.05) is 32.7 Å². The molecule has 0 unspecified atom stereocenters. The third kappa shape index (κ3) is 5.17. The van der Waals surface area contributed by atoms with Crippen LogP contribution in [0.25, 0.3) is 0 Å². The summed E-state index contributed by atoms with van der Waals surface area (Å²) in [7, 11) is -3.49. The van der Waals surface area contributed by atoms with E-state index < -0.39 is 10.0 Å². The quantitative estimate of drug-likeness (QED) is 0.873. The van der Waals surface area contributed by atoms with Gasteiger partial charge < -0.3 is 10.2 Å². The number of carbonyl (C=O) groups is 1. The zero-order chi connectivity index (χ0) is 17.6. The summed E-state index contributed by atoms with van der Waals surface area (Å²) in [6.07, 6.45) is 1.46. The number of halogens is 1. The van der Waals surface area contributed by atoms with E-state index in [2.05, 4.69) is 5.32 Å². The van der Waals surface area contributed by atoms with Gasteiger partial charge in [0.15, 0.2) is 0 Å². The van der Waals surface area contributed by atoms with Gasteiger partial charge in [-0.15, -0.1) is 0 Å². The first-order chi connectivity index (χ1) is 11.4. The van der Waals surface area contributed by atoms with Crippen LogP contribution in [0.2, 0.25) is 0 Å². The topological polar surface area (TPSA) is 69.7 Å². The highest BCUT2D eigenvalue weighted by atomic mass is 32.2. The molecule has 0 aliphatic carbocycles. The van der Waals surface area contributed by atoms with Crippen LogP contribution in [0, 0.1) is 5.82 Å². The number of hydrogen-bond donors (Lipinski definition) is 1. The number of carbonyl (C=O) groups excluding carboxylic acids is 1. The summed E-state index contributed by atoms with van der Waals surface area (Å²) in [6, 6.07) is 5.33. The maximum Gasteiger partial charge on any atom is 0.317 e. The molecule has 0 atom stereocenters. The summed E-state index contributed by atoms with van der Waals surface area (Å²) >= 11 is 0. The number of urea groups is 1. The van der Waals surface area contributed by atoms with Crippen LogP contribution in [0.4, 0.5) is 9.18 Å². The van der Waals surface area contributed by atoms with Crippen LogP contribution in [0.3, 0.4) is 0 Å². The molecule has 1 fully saturated rings. The Morgan fingerprint density at radius 2 is 1.88 bits per heavy atom.